The number of amides is 2. The summed E-state index contributed by atoms with van der Waals surface area (Å²) in [4.78, 5) is 14.7. The standard InChI is InChI=1S/C17H21ClF3N3OS/c18-12-1-2-15-13(7-12)14(4-6-26-15)23-16(25)22-8-11-3-5-24(9-11)10-17(19,20)21/h1-2,7,11,14H,3-6,8-10H2,(H2,22,23,25)/t11-,14+/m1/s1. The number of halogens is 4. The zero-order valence-corrected chi connectivity index (χ0v) is 15.7. The van der Waals surface area contributed by atoms with E-state index in [9.17, 15) is 18.0 Å². The SMILES string of the molecule is O=C(NC[C@H]1CCN(CC(F)(F)F)C1)N[C@H]1CCSc2ccc(Cl)cc21. The smallest absolute Gasteiger partial charge is 0.338 e. The number of urea groups is 1. The molecule has 0 unspecified atom stereocenters. The fraction of sp³-hybridized carbons (Fsp3) is 0.588. The molecule has 1 saturated heterocycles. The molecule has 1 aromatic rings. The molecular formula is C17H21ClF3N3OS. The summed E-state index contributed by atoms with van der Waals surface area (Å²) in [7, 11) is 0. The molecule has 0 aliphatic carbocycles. The molecule has 2 amide bonds. The molecule has 26 heavy (non-hydrogen) atoms. The number of thioether (sulfide) groups is 1. The lowest BCUT2D eigenvalue weighted by Crippen LogP contribution is -2.41. The van der Waals surface area contributed by atoms with Crippen LogP contribution in [0, 0.1) is 5.92 Å². The minimum atomic E-state index is -4.17. The quantitative estimate of drug-likeness (QED) is 0.791. The molecule has 144 valence electrons. The summed E-state index contributed by atoms with van der Waals surface area (Å²) in [5, 5.41) is 6.40. The summed E-state index contributed by atoms with van der Waals surface area (Å²) in [5.74, 6) is 0.959. The zero-order valence-electron chi connectivity index (χ0n) is 14.1. The van der Waals surface area contributed by atoms with Crippen LogP contribution in [0.3, 0.4) is 0 Å². The average molecular weight is 408 g/mol. The Balaban J connectivity index is 1.47. The van der Waals surface area contributed by atoms with Crippen molar-refractivity contribution < 1.29 is 18.0 Å². The number of rotatable bonds is 4. The molecule has 2 atom stereocenters. The van der Waals surface area contributed by atoms with Gasteiger partial charge in [0.05, 0.1) is 12.6 Å². The van der Waals surface area contributed by atoms with Gasteiger partial charge in [0.1, 0.15) is 0 Å². The number of carbonyl (C=O) groups excluding carboxylic acids is 1. The summed E-state index contributed by atoms with van der Waals surface area (Å²) in [6.45, 7) is 0.272. The van der Waals surface area contributed by atoms with E-state index in [1.807, 2.05) is 18.2 Å². The first-order valence-electron chi connectivity index (χ1n) is 8.56. The number of nitrogens with zero attached hydrogens (tertiary/aromatic N) is 1. The van der Waals surface area contributed by atoms with E-state index in [0.717, 1.165) is 22.6 Å². The zero-order chi connectivity index (χ0) is 18.7. The lowest BCUT2D eigenvalue weighted by Gasteiger charge is -2.26. The third-order valence-corrected chi connectivity index (χ3v) is 6.00. The molecule has 0 aromatic heterocycles. The number of benzene rings is 1. The topological polar surface area (TPSA) is 44.4 Å². The Bertz CT molecular complexity index is 659. The van der Waals surface area contributed by atoms with Gasteiger partial charge in [0.2, 0.25) is 0 Å². The predicted octanol–water partition coefficient (Wildman–Crippen LogP) is 4.06. The first kappa shape index (κ1) is 19.6. The van der Waals surface area contributed by atoms with Crippen molar-refractivity contribution in [1.82, 2.24) is 15.5 Å². The summed E-state index contributed by atoms with van der Waals surface area (Å²) >= 11 is 7.80. The Morgan fingerprint density at radius 3 is 2.92 bits per heavy atom. The van der Waals surface area contributed by atoms with Crippen LogP contribution < -0.4 is 10.6 Å². The van der Waals surface area contributed by atoms with E-state index in [2.05, 4.69) is 10.6 Å². The number of nitrogens with one attached hydrogen (secondary N) is 2. The summed E-state index contributed by atoms with van der Waals surface area (Å²) in [6, 6.07) is 5.28. The molecule has 1 aromatic carbocycles. The molecule has 4 nitrogen and oxygen atoms in total. The van der Waals surface area contributed by atoms with Crippen molar-refractivity contribution in [3.63, 3.8) is 0 Å². The van der Waals surface area contributed by atoms with Crippen LogP contribution in [0.25, 0.3) is 0 Å². The third-order valence-electron chi connectivity index (χ3n) is 4.64. The van der Waals surface area contributed by atoms with Gasteiger partial charge in [-0.15, -0.1) is 11.8 Å². The normalized spacial score (nSPS) is 23.5. The van der Waals surface area contributed by atoms with Crippen molar-refractivity contribution in [3.8, 4) is 0 Å². The number of alkyl halides is 3. The maximum absolute atomic E-state index is 12.4. The van der Waals surface area contributed by atoms with Gasteiger partial charge >= 0.3 is 12.2 Å². The number of fused-ring (bicyclic) bond motifs is 1. The van der Waals surface area contributed by atoms with Gasteiger partial charge in [-0.25, -0.2) is 4.79 Å². The predicted molar refractivity (Wildman–Crippen MR) is 96.7 cm³/mol. The van der Waals surface area contributed by atoms with Crippen molar-refractivity contribution >= 4 is 29.4 Å². The van der Waals surface area contributed by atoms with Crippen LogP contribution in [-0.4, -0.2) is 49.0 Å². The number of hydrogen-bond donors (Lipinski definition) is 2. The van der Waals surface area contributed by atoms with Crippen LogP contribution in [0.4, 0.5) is 18.0 Å². The van der Waals surface area contributed by atoms with Crippen molar-refractivity contribution in [1.29, 1.82) is 0 Å². The van der Waals surface area contributed by atoms with E-state index in [-0.39, 0.29) is 18.0 Å². The fourth-order valence-corrected chi connectivity index (χ4v) is 4.72. The first-order valence-corrected chi connectivity index (χ1v) is 9.92. The van der Waals surface area contributed by atoms with E-state index in [0.29, 0.717) is 31.1 Å². The van der Waals surface area contributed by atoms with E-state index >= 15 is 0 Å². The van der Waals surface area contributed by atoms with Gasteiger partial charge < -0.3 is 10.6 Å². The minimum Gasteiger partial charge on any atom is -0.338 e. The van der Waals surface area contributed by atoms with Crippen molar-refractivity contribution in [2.75, 3.05) is 31.9 Å². The second-order valence-corrected chi connectivity index (χ2v) is 8.30. The number of hydrogen-bond acceptors (Lipinski definition) is 3. The second kappa shape index (κ2) is 8.27. The van der Waals surface area contributed by atoms with Crippen LogP contribution in [0.15, 0.2) is 23.1 Å². The molecule has 3 rings (SSSR count). The van der Waals surface area contributed by atoms with Gasteiger partial charge in [-0.2, -0.15) is 13.2 Å². The lowest BCUT2D eigenvalue weighted by atomic mass is 10.0. The van der Waals surface area contributed by atoms with Crippen molar-refractivity contribution in [2.45, 2.75) is 30.0 Å². The van der Waals surface area contributed by atoms with E-state index in [4.69, 9.17) is 11.6 Å². The highest BCUT2D eigenvalue weighted by atomic mass is 35.5. The second-order valence-electron chi connectivity index (χ2n) is 6.73. The molecule has 2 aliphatic rings. The molecule has 2 heterocycles. The molecule has 0 bridgehead atoms. The molecule has 1 fully saturated rings. The van der Waals surface area contributed by atoms with Gasteiger partial charge in [0.25, 0.3) is 0 Å². The van der Waals surface area contributed by atoms with Crippen molar-refractivity contribution in [2.24, 2.45) is 5.92 Å². The Morgan fingerprint density at radius 2 is 2.15 bits per heavy atom. The number of likely N-dealkylation sites (tertiary alicyclic amines) is 1. The van der Waals surface area contributed by atoms with Gasteiger partial charge in [0.15, 0.2) is 0 Å². The largest absolute Gasteiger partial charge is 0.401 e. The molecule has 0 saturated carbocycles. The summed E-state index contributed by atoms with van der Waals surface area (Å²) in [6.07, 6.45) is -2.70. The van der Waals surface area contributed by atoms with Crippen LogP contribution in [0.2, 0.25) is 5.02 Å². The summed E-state index contributed by atoms with van der Waals surface area (Å²) < 4.78 is 37.3. The Morgan fingerprint density at radius 1 is 1.35 bits per heavy atom. The van der Waals surface area contributed by atoms with Crippen LogP contribution in [-0.2, 0) is 0 Å². The van der Waals surface area contributed by atoms with E-state index in [1.165, 1.54) is 4.90 Å². The molecule has 0 radical (unpaired) electrons. The highest BCUT2D eigenvalue weighted by Crippen LogP contribution is 2.37. The fourth-order valence-electron chi connectivity index (χ4n) is 3.44. The number of carbonyl (C=O) groups is 1. The Kier molecular flexibility index (Phi) is 6.25. The minimum absolute atomic E-state index is 0.0479. The van der Waals surface area contributed by atoms with Crippen LogP contribution in [0.1, 0.15) is 24.4 Å². The maximum atomic E-state index is 12.4. The molecule has 0 spiro atoms. The van der Waals surface area contributed by atoms with Gasteiger partial charge in [-0.3, -0.25) is 4.90 Å². The molecule has 9 heteroatoms. The van der Waals surface area contributed by atoms with Gasteiger partial charge in [-0.1, -0.05) is 11.6 Å². The molecule has 2 aliphatic heterocycles. The van der Waals surface area contributed by atoms with Crippen LogP contribution in [0.5, 0.6) is 0 Å². The lowest BCUT2D eigenvalue weighted by molar-refractivity contribution is -0.143. The van der Waals surface area contributed by atoms with E-state index < -0.39 is 12.7 Å². The Labute approximate surface area is 159 Å². The average Bonchev–Trinajstić information content (AvgIpc) is 2.99. The molecule has 2 N–H and O–H groups in total. The maximum Gasteiger partial charge on any atom is 0.401 e. The first-order chi connectivity index (χ1) is 12.3. The highest BCUT2D eigenvalue weighted by molar-refractivity contribution is 7.99. The van der Waals surface area contributed by atoms with Crippen molar-refractivity contribution in [3.05, 3.63) is 28.8 Å². The van der Waals surface area contributed by atoms with Gasteiger partial charge in [0, 0.05) is 28.8 Å². The third kappa shape index (κ3) is 5.44. The highest BCUT2D eigenvalue weighted by Gasteiger charge is 2.34. The monoisotopic (exact) mass is 407 g/mol. The summed E-state index contributed by atoms with van der Waals surface area (Å²) in [5.41, 5.74) is 1.01. The van der Waals surface area contributed by atoms with Gasteiger partial charge in [-0.05, 0) is 49.1 Å². The van der Waals surface area contributed by atoms with Crippen LogP contribution >= 0.6 is 23.4 Å². The molecular weight excluding hydrogens is 387 g/mol. The van der Waals surface area contributed by atoms with E-state index in [1.54, 1.807) is 11.8 Å². The Hall–Kier alpha value is -1.12.